The lowest BCUT2D eigenvalue weighted by molar-refractivity contribution is 0.0947. The molecule has 1 aromatic carbocycles. The molecule has 1 N–H and O–H groups in total. The minimum absolute atomic E-state index is 0.120. The van der Waals surface area contributed by atoms with Crippen LogP contribution >= 0.6 is 27.3 Å². The van der Waals surface area contributed by atoms with Crippen molar-refractivity contribution in [2.24, 2.45) is 0 Å². The number of benzene rings is 1. The number of anilines is 1. The van der Waals surface area contributed by atoms with Crippen LogP contribution in [0.25, 0.3) is 4.83 Å². The average molecular weight is 435 g/mol. The van der Waals surface area contributed by atoms with Gasteiger partial charge in [0.1, 0.15) is 22.1 Å². The van der Waals surface area contributed by atoms with Gasteiger partial charge in [0, 0.05) is 0 Å². The second kappa shape index (κ2) is 6.59. The second-order valence-corrected chi connectivity index (χ2v) is 8.29. The third-order valence-corrected chi connectivity index (χ3v) is 6.71. The zero-order valence-corrected chi connectivity index (χ0v) is 17.1. The molecule has 0 spiro atoms. The number of hydrazine groups is 1. The number of nitrogens with zero attached hydrogens (tertiary/aromatic N) is 3. The molecule has 0 aliphatic carbocycles. The summed E-state index contributed by atoms with van der Waals surface area (Å²) < 4.78 is 8.49. The van der Waals surface area contributed by atoms with E-state index in [-0.39, 0.29) is 11.8 Å². The number of ether oxygens (including phenoxy) is 1. The highest BCUT2D eigenvalue weighted by Crippen LogP contribution is 2.35. The molecule has 1 aliphatic heterocycles. The Labute approximate surface area is 163 Å². The number of hydrogen-bond donors (Lipinski definition) is 1. The molecule has 0 unspecified atom stereocenters. The van der Waals surface area contributed by atoms with Crippen molar-refractivity contribution in [1.29, 1.82) is 0 Å². The third kappa shape index (κ3) is 2.77. The Morgan fingerprint density at radius 2 is 2.15 bits per heavy atom. The van der Waals surface area contributed by atoms with Crippen molar-refractivity contribution < 1.29 is 9.53 Å². The summed E-state index contributed by atoms with van der Waals surface area (Å²) >= 11 is 5.05. The molecule has 6 nitrogen and oxygen atoms in total. The number of rotatable bonds is 3. The number of aromatic nitrogens is 2. The van der Waals surface area contributed by atoms with Crippen LogP contribution in [0, 0.1) is 6.92 Å². The van der Waals surface area contributed by atoms with Gasteiger partial charge in [0.05, 0.1) is 28.1 Å². The highest BCUT2D eigenvalue weighted by molar-refractivity contribution is 9.10. The Kier molecular flexibility index (Phi) is 4.40. The first-order valence-electron chi connectivity index (χ1n) is 8.45. The van der Waals surface area contributed by atoms with Crippen LogP contribution in [0.3, 0.4) is 0 Å². The molecule has 8 heteroatoms. The molecule has 0 atom stereocenters. The smallest absolute Gasteiger partial charge is 0.281 e. The van der Waals surface area contributed by atoms with Crippen LogP contribution in [0.1, 0.15) is 40.8 Å². The minimum atomic E-state index is -0.120. The normalized spacial score (nSPS) is 13.8. The molecule has 3 aromatic rings. The maximum Gasteiger partial charge on any atom is 0.281 e. The van der Waals surface area contributed by atoms with Gasteiger partial charge in [-0.3, -0.25) is 15.2 Å². The summed E-state index contributed by atoms with van der Waals surface area (Å²) in [7, 11) is 0. The van der Waals surface area contributed by atoms with E-state index in [0.29, 0.717) is 18.0 Å². The summed E-state index contributed by atoms with van der Waals surface area (Å²) in [5.41, 5.74) is 5.76. The van der Waals surface area contributed by atoms with Crippen molar-refractivity contribution in [2.45, 2.75) is 26.7 Å². The lowest BCUT2D eigenvalue weighted by atomic mass is 10.1. The number of carbonyl (C=O) groups is 1. The van der Waals surface area contributed by atoms with Crippen LogP contribution in [-0.4, -0.2) is 28.7 Å². The van der Waals surface area contributed by atoms with Crippen molar-refractivity contribution in [3.63, 3.8) is 0 Å². The summed E-state index contributed by atoms with van der Waals surface area (Å²) in [6.45, 7) is 7.25. The number of hydrogen-bond acceptors (Lipinski definition) is 5. The maximum absolute atomic E-state index is 13.1. The number of para-hydroxylation sites is 2. The monoisotopic (exact) mass is 434 g/mol. The van der Waals surface area contributed by atoms with E-state index in [1.807, 2.05) is 40.7 Å². The predicted molar refractivity (Wildman–Crippen MR) is 106 cm³/mol. The molecular weight excluding hydrogens is 416 g/mol. The van der Waals surface area contributed by atoms with E-state index in [0.717, 1.165) is 32.1 Å². The number of fused-ring (bicyclic) bond motifs is 2. The van der Waals surface area contributed by atoms with Gasteiger partial charge < -0.3 is 4.74 Å². The van der Waals surface area contributed by atoms with Gasteiger partial charge in [-0.1, -0.05) is 26.0 Å². The highest BCUT2D eigenvalue weighted by atomic mass is 79.9. The number of aryl methyl sites for hydroxylation is 1. The summed E-state index contributed by atoms with van der Waals surface area (Å²) in [5, 5.41) is 6.44. The van der Waals surface area contributed by atoms with Crippen molar-refractivity contribution in [2.75, 3.05) is 18.2 Å². The van der Waals surface area contributed by atoms with Gasteiger partial charge in [0.15, 0.2) is 0 Å². The van der Waals surface area contributed by atoms with Crippen molar-refractivity contribution >= 4 is 43.7 Å². The molecule has 0 fully saturated rings. The van der Waals surface area contributed by atoms with Gasteiger partial charge in [-0.15, -0.1) is 11.3 Å². The molecule has 1 aliphatic rings. The van der Waals surface area contributed by atoms with Crippen LogP contribution in [-0.2, 0) is 0 Å². The Morgan fingerprint density at radius 3 is 2.92 bits per heavy atom. The topological polar surface area (TPSA) is 58.9 Å². The fourth-order valence-electron chi connectivity index (χ4n) is 3.11. The molecule has 4 rings (SSSR count). The first-order chi connectivity index (χ1) is 12.5. The van der Waals surface area contributed by atoms with E-state index in [9.17, 15) is 4.79 Å². The largest absolute Gasteiger partial charge is 0.489 e. The molecule has 3 heterocycles. The van der Waals surface area contributed by atoms with Crippen molar-refractivity contribution in [1.82, 2.24) is 15.0 Å². The maximum atomic E-state index is 13.1. The number of amides is 1. The number of halogens is 1. The van der Waals surface area contributed by atoms with E-state index in [4.69, 9.17) is 4.74 Å². The summed E-state index contributed by atoms with van der Waals surface area (Å²) in [5.74, 6) is 0.834. The van der Waals surface area contributed by atoms with E-state index >= 15 is 0 Å². The molecule has 1 amide bonds. The van der Waals surface area contributed by atoms with Gasteiger partial charge in [-0.2, -0.15) is 5.10 Å². The van der Waals surface area contributed by atoms with Crippen LogP contribution in [0.2, 0.25) is 0 Å². The molecule has 2 aromatic heterocycles. The molecule has 136 valence electrons. The standard InChI is InChI=1S/C18H19BrN4O2S/c1-10(2)15-16(26-18-14(19)11(3)20-23(15)18)17(24)21-22-8-9-25-13-7-5-4-6-12(13)22/h4-7,10H,8-9H2,1-3H3,(H,21,24). The summed E-state index contributed by atoms with van der Waals surface area (Å²) in [6, 6.07) is 7.71. The molecule has 0 bridgehead atoms. The molecule has 0 saturated carbocycles. The van der Waals surface area contributed by atoms with Crippen LogP contribution in [0.4, 0.5) is 5.69 Å². The van der Waals surface area contributed by atoms with Crippen molar-refractivity contribution in [3.8, 4) is 5.75 Å². The van der Waals surface area contributed by atoms with E-state index < -0.39 is 0 Å². The lowest BCUT2D eigenvalue weighted by Gasteiger charge is -2.31. The SMILES string of the molecule is Cc1nn2c(C(C)C)c(C(=O)NN3CCOc4ccccc43)sc2c1Br. The predicted octanol–water partition coefficient (Wildman–Crippen LogP) is 4.13. The third-order valence-electron chi connectivity index (χ3n) is 4.33. The Bertz CT molecular complexity index is 995. The summed E-state index contributed by atoms with van der Waals surface area (Å²) in [6.07, 6.45) is 0. The Hall–Kier alpha value is -2.06. The molecule has 0 saturated heterocycles. The first-order valence-corrected chi connectivity index (χ1v) is 10.1. The highest BCUT2D eigenvalue weighted by Gasteiger charge is 2.27. The van der Waals surface area contributed by atoms with Gasteiger partial charge in [0.25, 0.3) is 5.91 Å². The van der Waals surface area contributed by atoms with E-state index in [1.54, 1.807) is 0 Å². The fourth-order valence-corrected chi connectivity index (χ4v) is 4.82. The first kappa shape index (κ1) is 17.4. The van der Waals surface area contributed by atoms with Gasteiger partial charge >= 0.3 is 0 Å². The van der Waals surface area contributed by atoms with Gasteiger partial charge in [-0.25, -0.2) is 4.52 Å². The quantitative estimate of drug-likeness (QED) is 0.672. The Balaban J connectivity index is 1.70. The van der Waals surface area contributed by atoms with Crippen LogP contribution in [0.15, 0.2) is 28.7 Å². The molecule has 26 heavy (non-hydrogen) atoms. The number of nitrogens with one attached hydrogen (secondary N) is 1. The van der Waals surface area contributed by atoms with E-state index in [2.05, 4.69) is 40.3 Å². The minimum Gasteiger partial charge on any atom is -0.489 e. The number of thiazole rings is 1. The lowest BCUT2D eigenvalue weighted by Crippen LogP contribution is -2.46. The number of carbonyl (C=O) groups excluding carboxylic acids is 1. The van der Waals surface area contributed by atoms with Crippen LogP contribution < -0.4 is 15.2 Å². The van der Waals surface area contributed by atoms with Crippen molar-refractivity contribution in [3.05, 3.63) is 45.0 Å². The fraction of sp³-hybridized carbons (Fsp3) is 0.333. The zero-order chi connectivity index (χ0) is 18.4. The average Bonchev–Trinajstić information content (AvgIpc) is 3.12. The summed E-state index contributed by atoms with van der Waals surface area (Å²) in [4.78, 5) is 14.7. The van der Waals surface area contributed by atoms with Gasteiger partial charge in [-0.05, 0) is 40.9 Å². The van der Waals surface area contributed by atoms with Gasteiger partial charge in [0.2, 0.25) is 0 Å². The molecular formula is C18H19BrN4O2S. The zero-order valence-electron chi connectivity index (χ0n) is 14.7. The van der Waals surface area contributed by atoms with Crippen LogP contribution in [0.5, 0.6) is 5.75 Å². The second-order valence-electron chi connectivity index (χ2n) is 6.50. The van der Waals surface area contributed by atoms with E-state index in [1.165, 1.54) is 11.3 Å². The molecule has 0 radical (unpaired) electrons. The Morgan fingerprint density at radius 1 is 1.38 bits per heavy atom.